The Kier molecular flexibility index (Phi) is 4.57. The number of hydrogen-bond acceptors (Lipinski definition) is 2. The molecule has 3 rings (SSSR count). The van der Waals surface area contributed by atoms with E-state index in [4.69, 9.17) is 4.42 Å². The lowest BCUT2D eigenvalue weighted by Crippen LogP contribution is -2.30. The zero-order chi connectivity index (χ0) is 16.1. The van der Waals surface area contributed by atoms with E-state index < -0.39 is 0 Å². The van der Waals surface area contributed by atoms with Gasteiger partial charge >= 0.3 is 0 Å². The van der Waals surface area contributed by atoms with Gasteiger partial charge in [-0.1, -0.05) is 48.0 Å². The molecule has 0 fully saturated rings. The van der Waals surface area contributed by atoms with Crippen LogP contribution >= 0.6 is 0 Å². The van der Waals surface area contributed by atoms with E-state index in [9.17, 15) is 4.79 Å². The molecule has 116 valence electrons. The number of aryl methyl sites for hydroxylation is 1. The molecule has 0 aliphatic rings. The first-order valence-electron chi connectivity index (χ1n) is 7.64. The highest BCUT2D eigenvalue weighted by Crippen LogP contribution is 2.15. The van der Waals surface area contributed by atoms with E-state index in [-0.39, 0.29) is 5.91 Å². The van der Waals surface area contributed by atoms with Crippen LogP contribution in [0, 0.1) is 6.92 Å². The third kappa shape index (κ3) is 3.89. The van der Waals surface area contributed by atoms with Crippen molar-refractivity contribution in [3.05, 3.63) is 95.4 Å². The summed E-state index contributed by atoms with van der Waals surface area (Å²) in [6.07, 6.45) is 1.63. The van der Waals surface area contributed by atoms with Crippen LogP contribution in [0.2, 0.25) is 0 Å². The van der Waals surface area contributed by atoms with Crippen LogP contribution in [0.5, 0.6) is 0 Å². The Morgan fingerprint density at radius 2 is 1.65 bits per heavy atom. The quantitative estimate of drug-likeness (QED) is 0.698. The van der Waals surface area contributed by atoms with Crippen molar-refractivity contribution in [2.45, 2.75) is 20.0 Å². The van der Waals surface area contributed by atoms with Crippen molar-refractivity contribution in [1.29, 1.82) is 0 Å². The average molecular weight is 305 g/mol. The van der Waals surface area contributed by atoms with Crippen LogP contribution in [-0.2, 0) is 13.1 Å². The van der Waals surface area contributed by atoms with Crippen LogP contribution in [0.15, 0.2) is 77.4 Å². The second kappa shape index (κ2) is 6.97. The summed E-state index contributed by atoms with van der Waals surface area (Å²) in [4.78, 5) is 14.6. The minimum Gasteiger partial charge on any atom is -0.467 e. The molecule has 0 bridgehead atoms. The van der Waals surface area contributed by atoms with Crippen molar-refractivity contribution < 1.29 is 9.21 Å². The molecule has 0 aliphatic carbocycles. The predicted octanol–water partition coefficient (Wildman–Crippen LogP) is 4.43. The number of furan rings is 1. The van der Waals surface area contributed by atoms with Crippen molar-refractivity contribution in [3.8, 4) is 0 Å². The molecular formula is C20H19NO2. The molecule has 2 aromatic carbocycles. The number of nitrogens with zero attached hydrogens (tertiary/aromatic N) is 1. The SMILES string of the molecule is Cc1ccc(CN(Cc2ccco2)C(=O)c2ccccc2)cc1. The van der Waals surface area contributed by atoms with Crippen molar-refractivity contribution in [3.63, 3.8) is 0 Å². The third-order valence-electron chi connectivity index (χ3n) is 3.73. The van der Waals surface area contributed by atoms with Crippen LogP contribution in [0.4, 0.5) is 0 Å². The molecule has 0 saturated carbocycles. The number of carbonyl (C=O) groups is 1. The number of carbonyl (C=O) groups excluding carboxylic acids is 1. The summed E-state index contributed by atoms with van der Waals surface area (Å²) in [5.74, 6) is 0.781. The fraction of sp³-hybridized carbons (Fsp3) is 0.150. The molecule has 3 aromatic rings. The minimum absolute atomic E-state index is 0.00238. The van der Waals surface area contributed by atoms with E-state index in [1.54, 1.807) is 11.2 Å². The first-order chi connectivity index (χ1) is 11.2. The molecule has 0 atom stereocenters. The summed E-state index contributed by atoms with van der Waals surface area (Å²) >= 11 is 0. The molecule has 3 heteroatoms. The first-order valence-corrected chi connectivity index (χ1v) is 7.64. The standard InChI is InChI=1S/C20H19NO2/c1-16-9-11-17(12-10-16)14-21(15-19-8-5-13-23-19)20(22)18-6-3-2-4-7-18/h2-13H,14-15H2,1H3. The van der Waals surface area contributed by atoms with E-state index in [2.05, 4.69) is 31.2 Å². The summed E-state index contributed by atoms with van der Waals surface area (Å²) < 4.78 is 5.41. The van der Waals surface area contributed by atoms with E-state index in [0.717, 1.165) is 11.3 Å². The van der Waals surface area contributed by atoms with Gasteiger partial charge in [-0.2, -0.15) is 0 Å². The molecule has 0 saturated heterocycles. The molecule has 23 heavy (non-hydrogen) atoms. The van der Waals surface area contributed by atoms with Gasteiger partial charge in [-0.25, -0.2) is 0 Å². The maximum Gasteiger partial charge on any atom is 0.254 e. The maximum atomic E-state index is 12.8. The summed E-state index contributed by atoms with van der Waals surface area (Å²) in [7, 11) is 0. The second-order valence-corrected chi connectivity index (χ2v) is 5.59. The zero-order valence-electron chi connectivity index (χ0n) is 13.1. The molecule has 1 amide bonds. The molecule has 1 aromatic heterocycles. The zero-order valence-corrected chi connectivity index (χ0v) is 13.1. The molecule has 3 nitrogen and oxygen atoms in total. The first kappa shape index (κ1) is 15.1. The number of rotatable bonds is 5. The molecule has 0 radical (unpaired) electrons. The lowest BCUT2D eigenvalue weighted by molar-refractivity contribution is 0.0717. The van der Waals surface area contributed by atoms with Gasteiger partial charge in [0.1, 0.15) is 5.76 Å². The summed E-state index contributed by atoms with van der Waals surface area (Å²) in [6.45, 7) is 3.06. The Balaban J connectivity index is 1.83. The van der Waals surface area contributed by atoms with Crippen molar-refractivity contribution in [2.24, 2.45) is 0 Å². The van der Waals surface area contributed by atoms with Gasteiger partial charge in [-0.3, -0.25) is 4.79 Å². The molecule has 0 spiro atoms. The van der Waals surface area contributed by atoms with Crippen LogP contribution in [0.3, 0.4) is 0 Å². The van der Waals surface area contributed by atoms with Gasteiger partial charge in [-0.05, 0) is 36.8 Å². The van der Waals surface area contributed by atoms with Gasteiger partial charge in [0.15, 0.2) is 0 Å². The van der Waals surface area contributed by atoms with E-state index in [1.165, 1.54) is 5.56 Å². The fourth-order valence-corrected chi connectivity index (χ4v) is 2.47. The topological polar surface area (TPSA) is 33.5 Å². The lowest BCUT2D eigenvalue weighted by Gasteiger charge is -2.22. The second-order valence-electron chi connectivity index (χ2n) is 5.59. The van der Waals surface area contributed by atoms with E-state index in [0.29, 0.717) is 18.7 Å². The third-order valence-corrected chi connectivity index (χ3v) is 3.73. The van der Waals surface area contributed by atoms with Gasteiger partial charge < -0.3 is 9.32 Å². The highest BCUT2D eigenvalue weighted by atomic mass is 16.3. The van der Waals surface area contributed by atoms with Crippen LogP contribution in [0.1, 0.15) is 27.2 Å². The van der Waals surface area contributed by atoms with E-state index in [1.807, 2.05) is 42.5 Å². The van der Waals surface area contributed by atoms with Gasteiger partial charge in [0.2, 0.25) is 0 Å². The van der Waals surface area contributed by atoms with Gasteiger partial charge in [0.05, 0.1) is 12.8 Å². The van der Waals surface area contributed by atoms with Crippen molar-refractivity contribution >= 4 is 5.91 Å². The van der Waals surface area contributed by atoms with Crippen LogP contribution in [-0.4, -0.2) is 10.8 Å². The lowest BCUT2D eigenvalue weighted by atomic mass is 10.1. The Labute approximate surface area is 136 Å². The largest absolute Gasteiger partial charge is 0.467 e. The number of hydrogen-bond donors (Lipinski definition) is 0. The predicted molar refractivity (Wildman–Crippen MR) is 89.9 cm³/mol. The van der Waals surface area contributed by atoms with Gasteiger partial charge in [0, 0.05) is 12.1 Å². The highest BCUT2D eigenvalue weighted by molar-refractivity contribution is 5.94. The molecule has 0 unspecified atom stereocenters. The average Bonchev–Trinajstić information content (AvgIpc) is 3.09. The minimum atomic E-state index is 0.00238. The number of amides is 1. The normalized spacial score (nSPS) is 10.5. The van der Waals surface area contributed by atoms with Crippen molar-refractivity contribution in [1.82, 2.24) is 4.90 Å². The smallest absolute Gasteiger partial charge is 0.254 e. The highest BCUT2D eigenvalue weighted by Gasteiger charge is 2.17. The monoisotopic (exact) mass is 305 g/mol. The Morgan fingerprint density at radius 1 is 0.913 bits per heavy atom. The summed E-state index contributed by atoms with van der Waals surface area (Å²) in [5, 5.41) is 0. The van der Waals surface area contributed by atoms with Crippen LogP contribution in [0.25, 0.3) is 0 Å². The Bertz CT molecular complexity index is 746. The van der Waals surface area contributed by atoms with E-state index >= 15 is 0 Å². The Hall–Kier alpha value is -2.81. The van der Waals surface area contributed by atoms with Gasteiger partial charge in [0.25, 0.3) is 5.91 Å². The summed E-state index contributed by atoms with van der Waals surface area (Å²) in [6, 6.07) is 21.3. The number of benzene rings is 2. The summed E-state index contributed by atoms with van der Waals surface area (Å²) in [5.41, 5.74) is 3.00. The molecule has 1 heterocycles. The fourth-order valence-electron chi connectivity index (χ4n) is 2.47. The van der Waals surface area contributed by atoms with Crippen LogP contribution < -0.4 is 0 Å². The van der Waals surface area contributed by atoms with Gasteiger partial charge in [-0.15, -0.1) is 0 Å². The molecule has 0 aliphatic heterocycles. The Morgan fingerprint density at radius 3 is 2.30 bits per heavy atom. The molecule has 0 N–H and O–H groups in total. The van der Waals surface area contributed by atoms with Crippen molar-refractivity contribution in [2.75, 3.05) is 0 Å². The maximum absolute atomic E-state index is 12.8. The molecular weight excluding hydrogens is 286 g/mol.